The highest BCUT2D eigenvalue weighted by Crippen LogP contribution is 2.28. The Hall–Kier alpha value is -1.13. The smallest absolute Gasteiger partial charge is 0.165 e. The number of halogens is 2. The molecule has 1 aromatic heterocycles. The van der Waals surface area contributed by atoms with Crippen LogP contribution in [0.1, 0.15) is 12.1 Å². The van der Waals surface area contributed by atoms with Crippen molar-refractivity contribution in [3.8, 4) is 16.3 Å². The molecule has 0 N–H and O–H groups in total. The van der Waals surface area contributed by atoms with Gasteiger partial charge in [0.05, 0.1) is 12.8 Å². The summed E-state index contributed by atoms with van der Waals surface area (Å²) in [5.41, 5.74) is 1.90. The molecule has 5 heteroatoms. The van der Waals surface area contributed by atoms with Crippen LogP contribution in [0.25, 0.3) is 10.6 Å². The van der Waals surface area contributed by atoms with Gasteiger partial charge in [-0.25, -0.2) is 9.37 Å². The molecule has 2 nitrogen and oxygen atoms in total. The molecule has 1 heterocycles. The van der Waals surface area contributed by atoms with Gasteiger partial charge in [-0.1, -0.05) is 0 Å². The lowest BCUT2D eigenvalue weighted by molar-refractivity contribution is 0.387. The number of nitrogens with zero attached hydrogens (tertiary/aromatic N) is 1. The molecular formula is C13H13ClFNOS. The van der Waals surface area contributed by atoms with Crippen molar-refractivity contribution in [2.45, 2.75) is 12.8 Å². The molecule has 0 radical (unpaired) electrons. The molecule has 2 aromatic rings. The van der Waals surface area contributed by atoms with Crippen molar-refractivity contribution in [3.63, 3.8) is 0 Å². The fourth-order valence-electron chi connectivity index (χ4n) is 1.60. The maximum atomic E-state index is 13.3. The SMILES string of the molecule is COc1cc(-c2nc(CCCCl)cs2)ccc1F. The molecule has 1 aromatic carbocycles. The first-order valence-corrected chi connectivity index (χ1v) is 7.00. The summed E-state index contributed by atoms with van der Waals surface area (Å²) >= 11 is 7.20. The minimum Gasteiger partial charge on any atom is -0.494 e. The first-order valence-electron chi connectivity index (χ1n) is 5.59. The van der Waals surface area contributed by atoms with Gasteiger partial charge in [0.15, 0.2) is 11.6 Å². The van der Waals surface area contributed by atoms with Gasteiger partial charge in [0.1, 0.15) is 5.01 Å². The summed E-state index contributed by atoms with van der Waals surface area (Å²) in [5.74, 6) is 0.516. The number of alkyl halides is 1. The highest BCUT2D eigenvalue weighted by Gasteiger charge is 2.08. The van der Waals surface area contributed by atoms with Gasteiger partial charge >= 0.3 is 0 Å². The number of methoxy groups -OCH3 is 1. The zero-order valence-electron chi connectivity index (χ0n) is 9.95. The minimum absolute atomic E-state index is 0.241. The Morgan fingerprint density at radius 1 is 1.44 bits per heavy atom. The summed E-state index contributed by atoms with van der Waals surface area (Å²) in [6, 6.07) is 4.77. The van der Waals surface area contributed by atoms with E-state index >= 15 is 0 Å². The molecule has 96 valence electrons. The van der Waals surface area contributed by atoms with Crippen LogP contribution < -0.4 is 4.74 Å². The second-order valence-corrected chi connectivity index (χ2v) is 5.02. The summed E-state index contributed by atoms with van der Waals surface area (Å²) in [6.45, 7) is 0. The Morgan fingerprint density at radius 2 is 2.28 bits per heavy atom. The number of thiazole rings is 1. The molecule has 2 rings (SSSR count). The molecule has 0 spiro atoms. The average Bonchev–Trinajstić information content (AvgIpc) is 2.85. The van der Waals surface area contributed by atoms with Crippen molar-refractivity contribution >= 4 is 22.9 Å². The maximum absolute atomic E-state index is 13.3. The van der Waals surface area contributed by atoms with Crippen molar-refractivity contribution in [1.82, 2.24) is 4.98 Å². The highest BCUT2D eigenvalue weighted by atomic mass is 35.5. The van der Waals surface area contributed by atoms with E-state index in [2.05, 4.69) is 4.98 Å². The number of hydrogen-bond donors (Lipinski definition) is 0. The van der Waals surface area contributed by atoms with Crippen LogP contribution in [0.3, 0.4) is 0 Å². The molecule has 0 aliphatic carbocycles. The third kappa shape index (κ3) is 3.00. The lowest BCUT2D eigenvalue weighted by atomic mass is 10.2. The van der Waals surface area contributed by atoms with Gasteiger partial charge < -0.3 is 4.74 Å². The summed E-state index contributed by atoms with van der Waals surface area (Å²) in [4.78, 5) is 4.50. The Balaban J connectivity index is 2.23. The van der Waals surface area contributed by atoms with Crippen LogP contribution in [0.15, 0.2) is 23.6 Å². The summed E-state index contributed by atoms with van der Waals surface area (Å²) < 4.78 is 18.3. The van der Waals surface area contributed by atoms with E-state index in [1.165, 1.54) is 13.2 Å². The van der Waals surface area contributed by atoms with E-state index in [1.807, 2.05) is 5.38 Å². The monoisotopic (exact) mass is 285 g/mol. The van der Waals surface area contributed by atoms with E-state index in [0.717, 1.165) is 29.1 Å². The first kappa shape index (κ1) is 13.3. The van der Waals surface area contributed by atoms with Crippen molar-refractivity contribution in [2.24, 2.45) is 0 Å². The molecule has 0 amide bonds. The van der Waals surface area contributed by atoms with E-state index in [0.29, 0.717) is 5.88 Å². The van der Waals surface area contributed by atoms with Gasteiger partial charge in [-0.2, -0.15) is 0 Å². The lowest BCUT2D eigenvalue weighted by Crippen LogP contribution is -1.89. The number of hydrogen-bond acceptors (Lipinski definition) is 3. The predicted octanol–water partition coefficient (Wildman–Crippen LogP) is 4.13. The normalized spacial score (nSPS) is 10.6. The Kier molecular flexibility index (Phi) is 4.55. The van der Waals surface area contributed by atoms with E-state index < -0.39 is 0 Å². The van der Waals surface area contributed by atoms with Crippen LogP contribution in [-0.4, -0.2) is 18.0 Å². The van der Waals surface area contributed by atoms with Crippen LogP contribution >= 0.6 is 22.9 Å². The van der Waals surface area contributed by atoms with Crippen LogP contribution in [0.2, 0.25) is 0 Å². The fourth-order valence-corrected chi connectivity index (χ4v) is 2.58. The van der Waals surface area contributed by atoms with Crippen molar-refractivity contribution < 1.29 is 9.13 Å². The fraction of sp³-hybridized carbons (Fsp3) is 0.308. The zero-order valence-corrected chi connectivity index (χ0v) is 11.5. The molecule has 0 saturated carbocycles. The Bertz CT molecular complexity index is 529. The van der Waals surface area contributed by atoms with Crippen LogP contribution in [0.4, 0.5) is 4.39 Å². The van der Waals surface area contributed by atoms with Gasteiger partial charge in [0.25, 0.3) is 0 Å². The van der Waals surface area contributed by atoms with Gasteiger partial charge in [-0.3, -0.25) is 0 Å². The van der Waals surface area contributed by atoms with Gasteiger partial charge in [-0.15, -0.1) is 22.9 Å². The number of benzene rings is 1. The number of rotatable bonds is 5. The van der Waals surface area contributed by atoms with Crippen molar-refractivity contribution in [1.29, 1.82) is 0 Å². The molecule has 0 atom stereocenters. The van der Waals surface area contributed by atoms with Gasteiger partial charge in [0.2, 0.25) is 0 Å². The predicted molar refractivity (Wildman–Crippen MR) is 73.1 cm³/mol. The molecule has 0 fully saturated rings. The van der Waals surface area contributed by atoms with E-state index in [1.54, 1.807) is 23.5 Å². The molecule has 0 aliphatic rings. The topological polar surface area (TPSA) is 22.1 Å². The standard InChI is InChI=1S/C13H13ClFNOS/c1-17-12-7-9(4-5-11(12)15)13-16-10(8-18-13)3-2-6-14/h4-5,7-8H,2-3,6H2,1H3. The summed E-state index contributed by atoms with van der Waals surface area (Å²) in [6.07, 6.45) is 1.79. The van der Waals surface area contributed by atoms with Crippen LogP contribution in [0.5, 0.6) is 5.75 Å². The zero-order chi connectivity index (χ0) is 13.0. The average molecular weight is 286 g/mol. The molecule has 18 heavy (non-hydrogen) atoms. The quantitative estimate of drug-likeness (QED) is 0.771. The third-order valence-electron chi connectivity index (χ3n) is 2.52. The number of aryl methyl sites for hydroxylation is 1. The highest BCUT2D eigenvalue weighted by molar-refractivity contribution is 7.13. The van der Waals surface area contributed by atoms with Crippen molar-refractivity contribution in [3.05, 3.63) is 35.1 Å². The number of aromatic nitrogens is 1. The second kappa shape index (κ2) is 6.16. The Labute approximate surface area is 114 Å². The number of ether oxygens (including phenoxy) is 1. The maximum Gasteiger partial charge on any atom is 0.165 e. The third-order valence-corrected chi connectivity index (χ3v) is 3.72. The van der Waals surface area contributed by atoms with Crippen molar-refractivity contribution in [2.75, 3.05) is 13.0 Å². The summed E-state index contributed by atoms with van der Waals surface area (Å²) in [5, 5.41) is 2.88. The van der Waals surface area contributed by atoms with Gasteiger partial charge in [-0.05, 0) is 31.0 Å². The molecular weight excluding hydrogens is 273 g/mol. The molecule has 0 unspecified atom stereocenters. The van der Waals surface area contributed by atoms with E-state index in [9.17, 15) is 4.39 Å². The summed E-state index contributed by atoms with van der Waals surface area (Å²) in [7, 11) is 1.45. The first-order chi connectivity index (χ1) is 8.74. The van der Waals surface area contributed by atoms with Gasteiger partial charge in [0, 0.05) is 16.8 Å². The Morgan fingerprint density at radius 3 is 3.00 bits per heavy atom. The molecule has 0 bridgehead atoms. The molecule has 0 saturated heterocycles. The lowest BCUT2D eigenvalue weighted by Gasteiger charge is -2.03. The van der Waals surface area contributed by atoms with E-state index in [4.69, 9.17) is 16.3 Å². The molecule has 0 aliphatic heterocycles. The minimum atomic E-state index is -0.361. The van der Waals surface area contributed by atoms with Crippen LogP contribution in [0, 0.1) is 5.82 Å². The largest absolute Gasteiger partial charge is 0.494 e. The van der Waals surface area contributed by atoms with Crippen LogP contribution in [-0.2, 0) is 6.42 Å². The second-order valence-electron chi connectivity index (χ2n) is 3.79. The van der Waals surface area contributed by atoms with E-state index in [-0.39, 0.29) is 11.6 Å².